The Hall–Kier alpha value is -2.29. The van der Waals surface area contributed by atoms with Crippen LogP contribution < -0.4 is 10.2 Å². The maximum Gasteiger partial charge on any atom is 0.173 e. The van der Waals surface area contributed by atoms with Crippen LogP contribution in [-0.2, 0) is 12.8 Å². The van der Waals surface area contributed by atoms with Gasteiger partial charge in [0.2, 0.25) is 0 Å². The fraction of sp³-hybridized carbons (Fsp3) is 0.350. The van der Waals surface area contributed by atoms with Crippen LogP contribution in [-0.4, -0.2) is 12.4 Å². The second-order valence-electron chi connectivity index (χ2n) is 6.20. The predicted octanol–water partition coefficient (Wildman–Crippen LogP) is 4.14. The summed E-state index contributed by atoms with van der Waals surface area (Å²) in [5, 5.41) is 4.44. The number of para-hydroxylation sites is 1. The van der Waals surface area contributed by atoms with E-state index < -0.39 is 0 Å². The summed E-state index contributed by atoms with van der Waals surface area (Å²) < 4.78 is 5.81. The van der Waals surface area contributed by atoms with E-state index >= 15 is 0 Å². The van der Waals surface area contributed by atoms with E-state index in [0.717, 1.165) is 22.6 Å². The van der Waals surface area contributed by atoms with E-state index in [1.807, 2.05) is 13.0 Å². The highest BCUT2D eigenvalue weighted by atomic mass is 16.5. The van der Waals surface area contributed by atoms with E-state index in [-0.39, 0.29) is 0 Å². The van der Waals surface area contributed by atoms with Crippen LogP contribution in [0, 0.1) is 13.8 Å². The van der Waals surface area contributed by atoms with Crippen molar-refractivity contribution in [1.29, 1.82) is 0 Å². The molecular formula is C20H24N2O. The molecule has 2 aromatic rings. The van der Waals surface area contributed by atoms with Crippen molar-refractivity contribution in [2.45, 2.75) is 40.0 Å². The van der Waals surface area contributed by atoms with Crippen LogP contribution >= 0.6 is 0 Å². The summed E-state index contributed by atoms with van der Waals surface area (Å²) >= 11 is 0. The zero-order chi connectivity index (χ0) is 16.2. The number of nitrogens with zero attached hydrogens (tertiary/aromatic N) is 1. The molecule has 0 fully saturated rings. The third-order valence-electron chi connectivity index (χ3n) is 4.45. The van der Waals surface area contributed by atoms with E-state index in [9.17, 15) is 0 Å². The van der Waals surface area contributed by atoms with Crippen molar-refractivity contribution in [3.05, 3.63) is 64.2 Å². The number of rotatable bonds is 5. The molecule has 3 nitrogen and oxygen atoms in total. The minimum Gasteiger partial charge on any atom is -0.471 e. The Balaban J connectivity index is 1.60. The van der Waals surface area contributed by atoms with Crippen molar-refractivity contribution in [2.75, 3.05) is 6.73 Å². The zero-order valence-electron chi connectivity index (χ0n) is 14.1. The lowest BCUT2D eigenvalue weighted by Crippen LogP contribution is -2.17. The predicted molar refractivity (Wildman–Crippen MR) is 95.2 cm³/mol. The fourth-order valence-electron chi connectivity index (χ4n) is 3.14. The highest BCUT2D eigenvalue weighted by molar-refractivity contribution is 5.98. The van der Waals surface area contributed by atoms with Gasteiger partial charge in [-0.1, -0.05) is 30.3 Å². The van der Waals surface area contributed by atoms with Gasteiger partial charge < -0.3 is 4.74 Å². The van der Waals surface area contributed by atoms with Gasteiger partial charge in [0.05, 0.1) is 5.71 Å². The number of hydrogen-bond acceptors (Lipinski definition) is 3. The normalized spacial score (nSPS) is 13.8. The zero-order valence-corrected chi connectivity index (χ0v) is 14.1. The first-order valence-electron chi connectivity index (χ1n) is 8.23. The molecule has 23 heavy (non-hydrogen) atoms. The van der Waals surface area contributed by atoms with Gasteiger partial charge in [0.1, 0.15) is 5.75 Å². The number of nitrogens with one attached hydrogen (secondary N) is 1. The molecule has 0 aromatic heterocycles. The summed E-state index contributed by atoms with van der Waals surface area (Å²) in [7, 11) is 0. The van der Waals surface area contributed by atoms with Gasteiger partial charge in [0.25, 0.3) is 0 Å². The quantitative estimate of drug-likeness (QED) is 0.390. The van der Waals surface area contributed by atoms with Crippen molar-refractivity contribution < 1.29 is 4.74 Å². The highest BCUT2D eigenvalue weighted by Gasteiger charge is 2.11. The number of aryl methyl sites for hydroxylation is 4. The Kier molecular flexibility index (Phi) is 4.65. The Morgan fingerprint density at radius 1 is 1.09 bits per heavy atom. The maximum atomic E-state index is 5.81. The highest BCUT2D eigenvalue weighted by Crippen LogP contribution is 2.23. The number of ether oxygens (including phenoxy) is 1. The van der Waals surface area contributed by atoms with Gasteiger partial charge in [-0.15, -0.1) is 0 Å². The van der Waals surface area contributed by atoms with Gasteiger partial charge in [-0.25, -0.2) is 0 Å². The molecule has 0 saturated heterocycles. The first-order valence-corrected chi connectivity index (χ1v) is 8.23. The molecule has 0 amide bonds. The summed E-state index contributed by atoms with van der Waals surface area (Å²) in [5.74, 6) is 0.936. The average Bonchev–Trinajstić information content (AvgIpc) is 3.01. The molecule has 1 aliphatic carbocycles. The van der Waals surface area contributed by atoms with E-state index in [4.69, 9.17) is 4.74 Å². The summed E-state index contributed by atoms with van der Waals surface area (Å²) in [6.07, 6.45) is 3.68. The summed E-state index contributed by atoms with van der Waals surface area (Å²) in [4.78, 5) is 0. The van der Waals surface area contributed by atoms with E-state index in [0.29, 0.717) is 6.73 Å². The summed E-state index contributed by atoms with van der Waals surface area (Å²) in [6.45, 7) is 6.51. The van der Waals surface area contributed by atoms with Crippen molar-refractivity contribution in [2.24, 2.45) is 5.10 Å². The van der Waals surface area contributed by atoms with Crippen LogP contribution in [0.3, 0.4) is 0 Å². The van der Waals surface area contributed by atoms with Gasteiger partial charge >= 0.3 is 0 Å². The number of benzene rings is 2. The van der Waals surface area contributed by atoms with E-state index in [1.165, 1.54) is 36.0 Å². The van der Waals surface area contributed by atoms with Crippen LogP contribution in [0.15, 0.2) is 41.5 Å². The van der Waals surface area contributed by atoms with Gasteiger partial charge in [0, 0.05) is 0 Å². The Labute approximate surface area is 138 Å². The molecule has 1 aliphatic rings. The molecule has 3 heteroatoms. The Morgan fingerprint density at radius 2 is 1.83 bits per heavy atom. The van der Waals surface area contributed by atoms with E-state index in [1.54, 1.807) is 0 Å². The third kappa shape index (κ3) is 3.55. The topological polar surface area (TPSA) is 33.6 Å². The number of fused-ring (bicyclic) bond motifs is 1. The number of hydrogen-bond donors (Lipinski definition) is 1. The molecule has 0 spiro atoms. The van der Waals surface area contributed by atoms with Crippen LogP contribution in [0.25, 0.3) is 0 Å². The largest absolute Gasteiger partial charge is 0.471 e. The molecule has 0 aliphatic heterocycles. The number of hydrazone groups is 1. The summed E-state index contributed by atoms with van der Waals surface area (Å²) in [6, 6.07) is 12.8. The van der Waals surface area contributed by atoms with Crippen molar-refractivity contribution in [1.82, 2.24) is 5.43 Å². The molecule has 3 rings (SSSR count). The average molecular weight is 308 g/mol. The van der Waals surface area contributed by atoms with Crippen LogP contribution in [0.2, 0.25) is 0 Å². The van der Waals surface area contributed by atoms with Gasteiger partial charge in [0.15, 0.2) is 6.73 Å². The minimum absolute atomic E-state index is 0.369. The minimum atomic E-state index is 0.369. The lowest BCUT2D eigenvalue weighted by Gasteiger charge is -2.12. The maximum absolute atomic E-state index is 5.81. The molecule has 2 aromatic carbocycles. The molecule has 0 unspecified atom stereocenters. The second-order valence-corrected chi connectivity index (χ2v) is 6.20. The molecule has 0 radical (unpaired) electrons. The standard InChI is InChI=1S/C20H24N2O/c1-14-6-4-7-15(2)20(14)23-13-21-22-16(3)18-11-10-17-8-5-9-19(17)12-18/h4,6-7,10-12,21H,5,8-9,13H2,1-3H3/b22-16-. The third-order valence-corrected chi connectivity index (χ3v) is 4.45. The summed E-state index contributed by atoms with van der Waals surface area (Å²) in [5.41, 5.74) is 10.5. The molecule has 0 atom stereocenters. The molecule has 0 saturated carbocycles. The van der Waals surface area contributed by atoms with Gasteiger partial charge in [-0.05, 0) is 73.9 Å². The van der Waals surface area contributed by atoms with E-state index in [2.05, 4.69) is 54.7 Å². The Bertz CT molecular complexity index is 714. The lowest BCUT2D eigenvalue weighted by atomic mass is 10.0. The van der Waals surface area contributed by atoms with Gasteiger partial charge in [-0.2, -0.15) is 5.10 Å². The van der Waals surface area contributed by atoms with Crippen molar-refractivity contribution in [3.63, 3.8) is 0 Å². The molecule has 120 valence electrons. The van der Waals surface area contributed by atoms with Gasteiger partial charge in [-0.3, -0.25) is 5.43 Å². The van der Waals surface area contributed by atoms with Crippen LogP contribution in [0.1, 0.15) is 41.2 Å². The SMILES string of the molecule is C/C(=N/NCOc1c(C)cccc1C)c1ccc2c(c1)CCC2. The van der Waals surface area contributed by atoms with Crippen LogP contribution in [0.5, 0.6) is 5.75 Å². The fourth-order valence-corrected chi connectivity index (χ4v) is 3.14. The molecular weight excluding hydrogens is 284 g/mol. The van der Waals surface area contributed by atoms with Crippen molar-refractivity contribution >= 4 is 5.71 Å². The first-order chi connectivity index (χ1) is 11.1. The Morgan fingerprint density at radius 3 is 2.61 bits per heavy atom. The second kappa shape index (κ2) is 6.86. The lowest BCUT2D eigenvalue weighted by molar-refractivity contribution is 0.283. The molecule has 0 bridgehead atoms. The monoisotopic (exact) mass is 308 g/mol. The molecule has 1 N–H and O–H groups in total. The smallest absolute Gasteiger partial charge is 0.173 e. The van der Waals surface area contributed by atoms with Crippen molar-refractivity contribution in [3.8, 4) is 5.75 Å². The first kappa shape index (κ1) is 15.6. The van der Waals surface area contributed by atoms with Crippen LogP contribution in [0.4, 0.5) is 0 Å². The molecule has 0 heterocycles.